The summed E-state index contributed by atoms with van der Waals surface area (Å²) in [6.07, 6.45) is 0. The molecule has 52 heavy (non-hydrogen) atoms. The zero-order valence-corrected chi connectivity index (χ0v) is 27.4. The van der Waals surface area contributed by atoms with E-state index in [-0.39, 0.29) is 33.8 Å². The largest absolute Gasteiger partial charge is 0.508 e. The number of phenolic OH excluding ortho intramolecular Hbond substituents is 2. The highest BCUT2D eigenvalue weighted by molar-refractivity contribution is 6.03. The van der Waals surface area contributed by atoms with Gasteiger partial charge in [0.25, 0.3) is 0 Å². The summed E-state index contributed by atoms with van der Waals surface area (Å²) in [4.78, 5) is 26.5. The Morgan fingerprint density at radius 1 is 0.481 bits per heavy atom. The van der Waals surface area contributed by atoms with Crippen LogP contribution in [0.25, 0.3) is 33.4 Å². The molecule has 0 aliphatic carbocycles. The Morgan fingerprint density at radius 2 is 0.808 bits per heavy atom. The van der Waals surface area contributed by atoms with Crippen molar-refractivity contribution in [3.05, 3.63) is 156 Å². The van der Waals surface area contributed by atoms with Crippen molar-refractivity contribution in [2.45, 2.75) is 0 Å². The van der Waals surface area contributed by atoms with E-state index in [2.05, 4.69) is 12.1 Å². The van der Waals surface area contributed by atoms with Crippen LogP contribution in [0.3, 0.4) is 0 Å². The van der Waals surface area contributed by atoms with Crippen LogP contribution >= 0.6 is 0 Å². The molecule has 0 aromatic heterocycles. The number of rotatable bonds is 11. The van der Waals surface area contributed by atoms with E-state index in [1.165, 1.54) is 36.4 Å². The molecule has 0 aliphatic heterocycles. The minimum atomic E-state index is -0.833. The van der Waals surface area contributed by atoms with E-state index in [0.717, 1.165) is 22.3 Å². The molecule has 0 amide bonds. The van der Waals surface area contributed by atoms with Crippen LogP contribution in [0.1, 0.15) is 31.8 Å². The quantitative estimate of drug-likeness (QED) is 0.100. The Balaban J connectivity index is 1.10. The fourth-order valence-electron chi connectivity index (χ4n) is 5.29. The van der Waals surface area contributed by atoms with Crippen molar-refractivity contribution in [2.75, 3.05) is 13.6 Å². The number of carbonyl (C=O) groups excluding carboxylic acids is 2. The van der Waals surface area contributed by atoms with E-state index in [9.17, 15) is 19.8 Å². The van der Waals surface area contributed by atoms with E-state index in [0.29, 0.717) is 22.6 Å². The molecule has 0 unspecified atom stereocenters. The minimum Gasteiger partial charge on any atom is -0.508 e. The number of carbonyl (C=O) groups is 2. The molecule has 6 aromatic carbocycles. The number of aromatic hydroxyl groups is 2. The van der Waals surface area contributed by atoms with Gasteiger partial charge in [-0.25, -0.2) is 9.59 Å². The molecule has 0 spiro atoms. The Labute approximate surface area is 298 Å². The van der Waals surface area contributed by atoms with Crippen LogP contribution in [0.4, 0.5) is 0 Å². The van der Waals surface area contributed by atoms with Gasteiger partial charge in [-0.3, -0.25) is 0 Å². The average molecular weight is 689 g/mol. The van der Waals surface area contributed by atoms with Crippen LogP contribution in [-0.4, -0.2) is 35.7 Å². The van der Waals surface area contributed by atoms with Crippen molar-refractivity contribution < 1.29 is 38.7 Å². The van der Waals surface area contributed by atoms with E-state index in [1.54, 1.807) is 48.5 Å². The summed E-state index contributed by atoms with van der Waals surface area (Å²) in [5.74, 6) is -1.21. The second-order valence-corrected chi connectivity index (χ2v) is 11.3. The van der Waals surface area contributed by atoms with Crippen molar-refractivity contribution >= 4 is 11.9 Å². The second-order valence-electron chi connectivity index (χ2n) is 11.3. The topological polar surface area (TPSA) is 159 Å². The molecule has 0 fully saturated rings. The highest BCUT2D eigenvalue weighted by Crippen LogP contribution is 2.33. The van der Waals surface area contributed by atoms with E-state index in [1.807, 2.05) is 48.5 Å². The van der Waals surface area contributed by atoms with Gasteiger partial charge in [-0.1, -0.05) is 48.5 Å². The van der Waals surface area contributed by atoms with E-state index >= 15 is 0 Å². The summed E-state index contributed by atoms with van der Waals surface area (Å²) >= 11 is 0. The van der Waals surface area contributed by atoms with Crippen LogP contribution < -0.4 is 9.47 Å². The highest BCUT2D eigenvalue weighted by Gasteiger charge is 2.22. The van der Waals surface area contributed by atoms with Crippen LogP contribution in [0.15, 0.2) is 133 Å². The zero-order chi connectivity index (χ0) is 36.5. The summed E-state index contributed by atoms with van der Waals surface area (Å²) in [5, 5.41) is 38.5. The molecular weight excluding hydrogens is 660 g/mol. The van der Waals surface area contributed by atoms with Gasteiger partial charge in [-0.05, 0) is 118 Å². The Bertz CT molecular complexity index is 2140. The Hall–Kier alpha value is -7.56. The fourth-order valence-corrected chi connectivity index (χ4v) is 5.29. The normalized spacial score (nSPS) is 10.3. The van der Waals surface area contributed by atoms with Gasteiger partial charge in [0.05, 0.1) is 34.4 Å². The number of esters is 2. The molecule has 0 heterocycles. The van der Waals surface area contributed by atoms with Gasteiger partial charge < -0.3 is 29.2 Å². The third-order valence-electron chi connectivity index (χ3n) is 7.97. The molecule has 6 aromatic rings. The maximum absolute atomic E-state index is 13.3. The number of ether oxygens (including phenoxy) is 4. The van der Waals surface area contributed by atoms with E-state index < -0.39 is 25.5 Å². The lowest BCUT2D eigenvalue weighted by Gasteiger charge is -2.15. The van der Waals surface area contributed by atoms with Crippen LogP contribution in [0, 0.1) is 22.7 Å². The van der Waals surface area contributed by atoms with Crippen LogP contribution in [0.5, 0.6) is 23.0 Å². The summed E-state index contributed by atoms with van der Waals surface area (Å²) in [6.45, 7) is -0.888. The average Bonchev–Trinajstić information content (AvgIpc) is 3.18. The number of phenols is 2. The molecule has 2 N–H and O–H groups in total. The second kappa shape index (κ2) is 15.8. The molecule has 10 heteroatoms. The van der Waals surface area contributed by atoms with Crippen molar-refractivity contribution in [2.24, 2.45) is 0 Å². The molecular formula is C42H28N2O8. The SMILES string of the molecule is N#Cc1ccc(-c2ccc(OCOC(=O)c3cc(O)ccc3-c3ccc(O)cc3C(=O)OCOc3ccc(-c4ccc(C#N)cc4)cc3)cc2)cc1. The fraction of sp³-hybridized carbons (Fsp3) is 0.0476. The third kappa shape index (κ3) is 8.17. The zero-order valence-electron chi connectivity index (χ0n) is 27.4. The standard InChI is InChI=1S/C42H28N2O8/c43-23-27-1-5-29(6-2-27)31-9-15-35(16-10-31)49-25-51-41(47)39-21-33(45)13-19-37(39)38-20-14-34(46)22-40(38)42(48)52-26-50-36-17-11-32(12-18-36)30-7-3-28(24-44)4-8-30/h1-22,45-46H,25-26H2. The van der Waals surface area contributed by atoms with Gasteiger partial charge in [-0.2, -0.15) is 10.5 Å². The molecule has 254 valence electrons. The predicted molar refractivity (Wildman–Crippen MR) is 190 cm³/mol. The molecule has 6 rings (SSSR count). The summed E-state index contributed by atoms with van der Waals surface area (Å²) < 4.78 is 22.0. The van der Waals surface area contributed by atoms with E-state index in [4.69, 9.17) is 29.5 Å². The van der Waals surface area contributed by atoms with Gasteiger partial charge in [0.1, 0.15) is 23.0 Å². The Morgan fingerprint density at radius 3 is 1.13 bits per heavy atom. The lowest BCUT2D eigenvalue weighted by atomic mass is 9.95. The van der Waals surface area contributed by atoms with Gasteiger partial charge in [0.2, 0.25) is 13.6 Å². The number of hydrogen-bond donors (Lipinski definition) is 2. The molecule has 0 bridgehead atoms. The van der Waals surface area contributed by atoms with Crippen molar-refractivity contribution in [1.29, 1.82) is 10.5 Å². The molecule has 0 saturated carbocycles. The molecule has 0 atom stereocenters. The third-order valence-corrected chi connectivity index (χ3v) is 7.97. The summed E-state index contributed by atoms with van der Waals surface area (Å²) in [5.41, 5.74) is 5.14. The van der Waals surface area contributed by atoms with Crippen molar-refractivity contribution in [1.82, 2.24) is 0 Å². The van der Waals surface area contributed by atoms with Gasteiger partial charge in [-0.15, -0.1) is 0 Å². The van der Waals surface area contributed by atoms with Crippen LogP contribution in [-0.2, 0) is 9.47 Å². The van der Waals surface area contributed by atoms with Gasteiger partial charge >= 0.3 is 11.9 Å². The number of hydrogen-bond acceptors (Lipinski definition) is 10. The number of nitrogens with zero attached hydrogens (tertiary/aromatic N) is 2. The maximum atomic E-state index is 13.3. The minimum absolute atomic E-state index is 0.0573. The number of nitriles is 2. The first-order valence-corrected chi connectivity index (χ1v) is 15.8. The lowest BCUT2D eigenvalue weighted by molar-refractivity contribution is 0.0142. The number of benzene rings is 6. The highest BCUT2D eigenvalue weighted by atomic mass is 16.7. The molecule has 0 radical (unpaired) electrons. The van der Waals surface area contributed by atoms with Crippen LogP contribution in [0.2, 0.25) is 0 Å². The summed E-state index contributed by atoms with van der Waals surface area (Å²) in [7, 11) is 0. The van der Waals surface area contributed by atoms with Gasteiger partial charge in [0.15, 0.2) is 0 Å². The summed E-state index contributed by atoms with van der Waals surface area (Å²) in [6, 6.07) is 40.7. The van der Waals surface area contributed by atoms with Crippen molar-refractivity contribution in [3.8, 4) is 68.5 Å². The first kappa shape index (κ1) is 34.3. The smallest absolute Gasteiger partial charge is 0.341 e. The molecule has 0 aliphatic rings. The first-order valence-electron chi connectivity index (χ1n) is 15.8. The van der Waals surface area contributed by atoms with Gasteiger partial charge in [0, 0.05) is 0 Å². The molecule has 0 saturated heterocycles. The Kier molecular flexibility index (Phi) is 10.4. The first-order chi connectivity index (χ1) is 25.3. The predicted octanol–water partition coefficient (Wildman–Crippen LogP) is 8.23. The monoisotopic (exact) mass is 688 g/mol. The van der Waals surface area contributed by atoms with Crippen molar-refractivity contribution in [3.63, 3.8) is 0 Å². The lowest BCUT2D eigenvalue weighted by Crippen LogP contribution is -2.14. The molecule has 10 nitrogen and oxygen atoms in total. The maximum Gasteiger partial charge on any atom is 0.341 e.